The van der Waals surface area contributed by atoms with E-state index >= 15 is 0 Å². The number of hydrogen-bond acceptors (Lipinski definition) is 4. The van der Waals surface area contributed by atoms with Crippen LogP contribution in [0, 0.1) is 5.92 Å². The zero-order chi connectivity index (χ0) is 14.2. The standard InChI is InChI=1S/C14H13NO4/c1-8(2)12(11(17)7-16)15-13(18)9-5-3-4-6-10(9)14(15)19/h3-8,12H,1-2H3/t12-/m0/s1. The second-order valence-corrected chi connectivity index (χ2v) is 4.73. The van der Waals surface area contributed by atoms with Gasteiger partial charge >= 0.3 is 0 Å². The third-order valence-corrected chi connectivity index (χ3v) is 3.14. The smallest absolute Gasteiger partial charge is 0.262 e. The first-order valence-corrected chi connectivity index (χ1v) is 5.95. The molecule has 2 amide bonds. The van der Waals surface area contributed by atoms with Crippen LogP contribution in [0.25, 0.3) is 0 Å². The minimum atomic E-state index is -1.04. The second kappa shape index (κ2) is 4.76. The number of imide groups is 1. The molecule has 0 aliphatic carbocycles. The minimum absolute atomic E-state index is 0.161. The van der Waals surface area contributed by atoms with E-state index in [1.807, 2.05) is 0 Å². The fraction of sp³-hybridized carbons (Fsp3) is 0.286. The Balaban J connectivity index is 2.48. The minimum Gasteiger partial charge on any atom is -0.295 e. The Morgan fingerprint density at radius 2 is 1.58 bits per heavy atom. The van der Waals surface area contributed by atoms with E-state index in [4.69, 9.17) is 0 Å². The summed E-state index contributed by atoms with van der Waals surface area (Å²) in [6, 6.07) is 5.35. The van der Waals surface area contributed by atoms with Gasteiger partial charge in [0.15, 0.2) is 6.29 Å². The molecule has 98 valence electrons. The molecule has 0 saturated heterocycles. The summed E-state index contributed by atoms with van der Waals surface area (Å²) in [6.45, 7) is 3.38. The van der Waals surface area contributed by atoms with Crippen LogP contribution in [-0.4, -0.2) is 34.8 Å². The molecule has 0 fully saturated rings. The van der Waals surface area contributed by atoms with E-state index in [1.54, 1.807) is 38.1 Å². The largest absolute Gasteiger partial charge is 0.295 e. The van der Waals surface area contributed by atoms with Crippen molar-refractivity contribution in [2.45, 2.75) is 19.9 Å². The van der Waals surface area contributed by atoms with E-state index in [9.17, 15) is 19.2 Å². The number of carbonyl (C=O) groups excluding carboxylic acids is 4. The second-order valence-electron chi connectivity index (χ2n) is 4.73. The normalized spacial score (nSPS) is 15.6. The van der Waals surface area contributed by atoms with Crippen molar-refractivity contribution in [1.29, 1.82) is 0 Å². The summed E-state index contributed by atoms with van der Waals surface area (Å²) in [5, 5.41) is 0. The van der Waals surface area contributed by atoms with E-state index in [-0.39, 0.29) is 23.3 Å². The molecular weight excluding hydrogens is 246 g/mol. The highest BCUT2D eigenvalue weighted by molar-refractivity contribution is 6.31. The third-order valence-electron chi connectivity index (χ3n) is 3.14. The average molecular weight is 259 g/mol. The first kappa shape index (κ1) is 13.1. The van der Waals surface area contributed by atoms with Gasteiger partial charge in [0, 0.05) is 0 Å². The lowest BCUT2D eigenvalue weighted by Gasteiger charge is -2.26. The van der Waals surface area contributed by atoms with Crippen LogP contribution in [0.1, 0.15) is 34.6 Å². The zero-order valence-electron chi connectivity index (χ0n) is 10.6. The number of fused-ring (bicyclic) bond motifs is 1. The highest BCUT2D eigenvalue weighted by Crippen LogP contribution is 2.27. The monoisotopic (exact) mass is 259 g/mol. The van der Waals surface area contributed by atoms with Gasteiger partial charge in [-0.25, -0.2) is 0 Å². The molecule has 1 aliphatic rings. The first-order chi connectivity index (χ1) is 8.99. The Hall–Kier alpha value is -2.30. The number of benzene rings is 1. The molecule has 0 N–H and O–H groups in total. The number of ketones is 1. The van der Waals surface area contributed by atoms with Gasteiger partial charge in [0.05, 0.1) is 11.1 Å². The maximum absolute atomic E-state index is 12.2. The third kappa shape index (κ3) is 1.97. The predicted molar refractivity (Wildman–Crippen MR) is 66.6 cm³/mol. The quantitative estimate of drug-likeness (QED) is 0.461. The molecule has 1 atom stereocenters. The number of hydrogen-bond donors (Lipinski definition) is 0. The van der Waals surface area contributed by atoms with Crippen molar-refractivity contribution in [3.63, 3.8) is 0 Å². The van der Waals surface area contributed by atoms with Gasteiger partial charge in [-0.3, -0.25) is 24.1 Å². The number of nitrogens with zero attached hydrogens (tertiary/aromatic N) is 1. The highest BCUT2D eigenvalue weighted by atomic mass is 16.2. The highest BCUT2D eigenvalue weighted by Gasteiger charge is 2.43. The molecular formula is C14H13NO4. The topological polar surface area (TPSA) is 71.5 Å². The van der Waals surface area contributed by atoms with Gasteiger partial charge in [-0.05, 0) is 18.1 Å². The summed E-state index contributed by atoms with van der Waals surface area (Å²) in [4.78, 5) is 47.7. The summed E-state index contributed by atoms with van der Waals surface area (Å²) in [6.07, 6.45) is 0.161. The van der Waals surface area contributed by atoms with Crippen molar-refractivity contribution in [3.05, 3.63) is 35.4 Å². The van der Waals surface area contributed by atoms with E-state index in [1.165, 1.54) is 0 Å². The number of amides is 2. The van der Waals surface area contributed by atoms with E-state index < -0.39 is 23.6 Å². The average Bonchev–Trinajstić information content (AvgIpc) is 2.64. The van der Waals surface area contributed by atoms with Crippen LogP contribution >= 0.6 is 0 Å². The molecule has 0 saturated carbocycles. The van der Waals surface area contributed by atoms with Gasteiger partial charge in [-0.1, -0.05) is 26.0 Å². The SMILES string of the molecule is CC(C)[C@@H](C(=O)C=O)N1C(=O)c2ccccc2C1=O. The van der Waals surface area contributed by atoms with Crippen molar-refractivity contribution in [1.82, 2.24) is 4.90 Å². The van der Waals surface area contributed by atoms with Gasteiger partial charge in [0.25, 0.3) is 11.8 Å². The van der Waals surface area contributed by atoms with E-state index in [2.05, 4.69) is 0 Å². The van der Waals surface area contributed by atoms with Crippen molar-refractivity contribution in [3.8, 4) is 0 Å². The summed E-state index contributed by atoms with van der Waals surface area (Å²) >= 11 is 0. The Labute approximate surface area is 110 Å². The molecule has 0 spiro atoms. The molecule has 2 rings (SSSR count). The van der Waals surface area contributed by atoms with Crippen LogP contribution in [0.2, 0.25) is 0 Å². The molecule has 19 heavy (non-hydrogen) atoms. The van der Waals surface area contributed by atoms with E-state index in [0.717, 1.165) is 4.90 Å². The number of rotatable bonds is 4. The van der Waals surface area contributed by atoms with Crippen molar-refractivity contribution in [2.24, 2.45) is 5.92 Å². The molecule has 0 aromatic heterocycles. The van der Waals surface area contributed by atoms with Crippen LogP contribution in [0.4, 0.5) is 0 Å². The van der Waals surface area contributed by atoms with Crippen LogP contribution in [0.5, 0.6) is 0 Å². The lowest BCUT2D eigenvalue weighted by atomic mass is 9.98. The maximum Gasteiger partial charge on any atom is 0.262 e. The molecule has 0 radical (unpaired) electrons. The molecule has 1 aliphatic heterocycles. The molecule has 0 unspecified atom stereocenters. The number of Topliss-reactive ketones (excluding diaryl/α,β-unsaturated/α-hetero) is 1. The molecule has 0 bridgehead atoms. The Morgan fingerprint density at radius 1 is 1.11 bits per heavy atom. The van der Waals surface area contributed by atoms with Crippen LogP contribution in [-0.2, 0) is 9.59 Å². The molecule has 5 heteroatoms. The fourth-order valence-electron chi connectivity index (χ4n) is 2.28. The van der Waals surface area contributed by atoms with Gasteiger partial charge in [0.2, 0.25) is 5.78 Å². The van der Waals surface area contributed by atoms with Crippen molar-refractivity contribution >= 4 is 23.9 Å². The Kier molecular flexibility index (Phi) is 3.29. The van der Waals surface area contributed by atoms with Gasteiger partial charge in [-0.2, -0.15) is 0 Å². The summed E-state index contributed by atoms with van der Waals surface area (Å²) in [7, 11) is 0. The Bertz CT molecular complexity index is 542. The fourth-order valence-corrected chi connectivity index (χ4v) is 2.28. The Morgan fingerprint density at radius 3 is 1.95 bits per heavy atom. The van der Waals surface area contributed by atoms with Gasteiger partial charge < -0.3 is 0 Å². The van der Waals surface area contributed by atoms with Crippen LogP contribution in [0.3, 0.4) is 0 Å². The first-order valence-electron chi connectivity index (χ1n) is 5.95. The van der Waals surface area contributed by atoms with Crippen molar-refractivity contribution < 1.29 is 19.2 Å². The van der Waals surface area contributed by atoms with Gasteiger partial charge in [0.1, 0.15) is 6.04 Å². The molecule has 5 nitrogen and oxygen atoms in total. The molecule has 1 aromatic rings. The zero-order valence-corrected chi connectivity index (χ0v) is 10.6. The molecule has 1 aromatic carbocycles. The predicted octanol–water partition coefficient (Wildman–Crippen LogP) is 1.08. The lowest BCUT2D eigenvalue weighted by molar-refractivity contribution is -0.133. The lowest BCUT2D eigenvalue weighted by Crippen LogP contribution is -2.48. The van der Waals surface area contributed by atoms with Crippen molar-refractivity contribution in [2.75, 3.05) is 0 Å². The molecule has 1 heterocycles. The number of carbonyl (C=O) groups is 4. The van der Waals surface area contributed by atoms with Gasteiger partial charge in [-0.15, -0.1) is 0 Å². The van der Waals surface area contributed by atoms with Crippen LogP contribution < -0.4 is 0 Å². The van der Waals surface area contributed by atoms with E-state index in [0.29, 0.717) is 0 Å². The summed E-state index contributed by atoms with van der Waals surface area (Å²) in [5.41, 5.74) is 0.550. The van der Waals surface area contributed by atoms with Crippen LogP contribution in [0.15, 0.2) is 24.3 Å². The number of aldehydes is 1. The summed E-state index contributed by atoms with van der Waals surface area (Å²) in [5.74, 6) is -2.12. The maximum atomic E-state index is 12.2. The summed E-state index contributed by atoms with van der Waals surface area (Å²) < 4.78 is 0.